The summed E-state index contributed by atoms with van der Waals surface area (Å²) >= 11 is 0. The van der Waals surface area contributed by atoms with Crippen LogP contribution in [0.15, 0.2) is 18.7 Å². The van der Waals surface area contributed by atoms with Crippen molar-refractivity contribution in [2.45, 2.75) is 25.2 Å². The van der Waals surface area contributed by atoms with Crippen LogP contribution in [-0.4, -0.2) is 69.1 Å². The summed E-state index contributed by atoms with van der Waals surface area (Å²) in [4.78, 5) is 10.4. The minimum atomic E-state index is -2.72. The first-order valence-electron chi connectivity index (χ1n) is 9.20. The number of nitrogens with one attached hydrogen (secondary N) is 2. The number of aromatic amines is 1. The molecular formula is C17H22F2N8O. The van der Waals surface area contributed by atoms with Crippen LogP contribution >= 0.6 is 0 Å². The van der Waals surface area contributed by atoms with Gasteiger partial charge in [-0.2, -0.15) is 14.6 Å². The summed E-state index contributed by atoms with van der Waals surface area (Å²) in [7, 11) is 1.70. The molecule has 0 aliphatic carbocycles. The quantitative estimate of drug-likeness (QED) is 0.705. The maximum Gasteiger partial charge on any atom is 0.266 e. The predicted molar refractivity (Wildman–Crippen MR) is 99.7 cm³/mol. The molecule has 2 N–H and O–H groups in total. The van der Waals surface area contributed by atoms with Crippen LogP contribution in [0.1, 0.15) is 19.3 Å². The first kappa shape index (κ1) is 18.5. The monoisotopic (exact) mass is 392 g/mol. The van der Waals surface area contributed by atoms with Gasteiger partial charge in [-0.1, -0.05) is 0 Å². The summed E-state index contributed by atoms with van der Waals surface area (Å²) in [5.41, 5.74) is 2.30. The van der Waals surface area contributed by atoms with Gasteiger partial charge in [-0.05, 0) is 12.8 Å². The second kappa shape index (κ2) is 7.66. The molecule has 3 aromatic heterocycles. The maximum atomic E-state index is 13.7. The molecule has 5 rings (SSSR count). The number of ether oxygens (including phenoxy) is 1. The van der Waals surface area contributed by atoms with Crippen LogP contribution in [0, 0.1) is 0 Å². The molecule has 3 aromatic rings. The van der Waals surface area contributed by atoms with Crippen molar-refractivity contribution < 1.29 is 13.5 Å². The predicted octanol–water partition coefficient (Wildman–Crippen LogP) is 2.20. The molecule has 5 heterocycles. The number of aromatic nitrogens is 6. The summed E-state index contributed by atoms with van der Waals surface area (Å²) < 4.78 is 33.8. The van der Waals surface area contributed by atoms with Crippen LogP contribution in [0.25, 0.3) is 16.9 Å². The Labute approximate surface area is 160 Å². The van der Waals surface area contributed by atoms with Gasteiger partial charge in [0.05, 0.1) is 12.7 Å². The number of rotatable bonds is 3. The molecule has 9 nitrogen and oxygen atoms in total. The van der Waals surface area contributed by atoms with Crippen molar-refractivity contribution in [3.05, 3.63) is 18.7 Å². The second-order valence-corrected chi connectivity index (χ2v) is 6.73. The van der Waals surface area contributed by atoms with Crippen LogP contribution in [0.4, 0.5) is 20.4 Å². The lowest BCUT2D eigenvalue weighted by molar-refractivity contribution is 0.0257. The van der Waals surface area contributed by atoms with Crippen molar-refractivity contribution in [1.82, 2.24) is 29.8 Å². The van der Waals surface area contributed by atoms with Crippen LogP contribution in [0.3, 0.4) is 0 Å². The Morgan fingerprint density at radius 3 is 2.68 bits per heavy atom. The third kappa shape index (κ3) is 3.75. The van der Waals surface area contributed by atoms with Gasteiger partial charge in [0.2, 0.25) is 5.95 Å². The summed E-state index contributed by atoms with van der Waals surface area (Å²) in [6.07, 6.45) is 7.16. The normalized spacial score (nSPS) is 18.3. The summed E-state index contributed by atoms with van der Waals surface area (Å²) in [5.74, 6) is -2.31. The van der Waals surface area contributed by atoms with Crippen LogP contribution < -0.4 is 10.2 Å². The number of H-pyrrole nitrogens is 1. The Balaban J connectivity index is 0.000000336. The molecule has 2 aliphatic rings. The van der Waals surface area contributed by atoms with Gasteiger partial charge in [0, 0.05) is 45.0 Å². The van der Waals surface area contributed by atoms with E-state index in [1.807, 2.05) is 0 Å². The molecule has 0 spiro atoms. The third-order valence-electron chi connectivity index (χ3n) is 4.67. The Morgan fingerprint density at radius 1 is 1.29 bits per heavy atom. The van der Waals surface area contributed by atoms with Crippen molar-refractivity contribution >= 4 is 17.3 Å². The molecule has 0 saturated carbocycles. The first-order chi connectivity index (χ1) is 13.6. The Kier molecular flexibility index (Phi) is 5.07. The minimum Gasteiger partial charge on any atom is -0.381 e. The number of hydrogen-bond donors (Lipinski definition) is 2. The molecular weight excluding hydrogens is 370 g/mol. The number of anilines is 2. The Bertz CT molecular complexity index is 915. The zero-order valence-electron chi connectivity index (χ0n) is 15.5. The van der Waals surface area contributed by atoms with Crippen molar-refractivity contribution in [2.75, 3.05) is 43.6 Å². The van der Waals surface area contributed by atoms with E-state index in [1.165, 1.54) is 23.7 Å². The van der Waals surface area contributed by atoms with E-state index in [9.17, 15) is 8.78 Å². The van der Waals surface area contributed by atoms with Crippen molar-refractivity contribution in [3.8, 4) is 11.3 Å². The second-order valence-electron chi connectivity index (χ2n) is 6.73. The number of fused-ring (bicyclic) bond motifs is 1. The van der Waals surface area contributed by atoms with E-state index in [4.69, 9.17) is 4.74 Å². The molecule has 2 aliphatic heterocycles. The number of alkyl halides is 2. The zero-order valence-corrected chi connectivity index (χ0v) is 15.5. The summed E-state index contributed by atoms with van der Waals surface area (Å²) in [6.45, 7) is 1.88. The van der Waals surface area contributed by atoms with E-state index in [1.54, 1.807) is 24.3 Å². The van der Waals surface area contributed by atoms with Gasteiger partial charge >= 0.3 is 0 Å². The SMILES string of the molecule is C1CCOC1.CNc1nc2c(N3CCC(F)(F)C3)c(-c3cn[nH]c3)ncn2n1. The average Bonchev–Trinajstić information content (AvgIpc) is 3.47. The van der Waals surface area contributed by atoms with Crippen molar-refractivity contribution in [3.63, 3.8) is 0 Å². The van der Waals surface area contributed by atoms with E-state index < -0.39 is 5.92 Å². The van der Waals surface area contributed by atoms with Gasteiger partial charge in [0.15, 0.2) is 5.65 Å². The van der Waals surface area contributed by atoms with Gasteiger partial charge in [0.1, 0.15) is 17.7 Å². The summed E-state index contributed by atoms with van der Waals surface area (Å²) in [6, 6.07) is 0. The molecule has 0 bridgehead atoms. The fourth-order valence-corrected chi connectivity index (χ4v) is 3.27. The minimum absolute atomic E-state index is 0.189. The van der Waals surface area contributed by atoms with Crippen LogP contribution in [0.2, 0.25) is 0 Å². The van der Waals surface area contributed by atoms with E-state index in [-0.39, 0.29) is 19.5 Å². The lowest BCUT2D eigenvalue weighted by Gasteiger charge is -2.20. The highest BCUT2D eigenvalue weighted by Gasteiger charge is 2.40. The van der Waals surface area contributed by atoms with E-state index in [0.717, 1.165) is 13.2 Å². The fraction of sp³-hybridized carbons (Fsp3) is 0.529. The lowest BCUT2D eigenvalue weighted by Crippen LogP contribution is -2.26. The molecule has 28 heavy (non-hydrogen) atoms. The molecule has 150 valence electrons. The van der Waals surface area contributed by atoms with Gasteiger partial charge in [-0.15, -0.1) is 5.10 Å². The molecule has 0 unspecified atom stereocenters. The fourth-order valence-electron chi connectivity index (χ4n) is 3.27. The van der Waals surface area contributed by atoms with Crippen LogP contribution in [-0.2, 0) is 4.74 Å². The van der Waals surface area contributed by atoms with E-state index in [2.05, 4.69) is 30.6 Å². The van der Waals surface area contributed by atoms with E-state index in [0.29, 0.717) is 28.5 Å². The van der Waals surface area contributed by atoms with Crippen LogP contribution in [0.5, 0.6) is 0 Å². The van der Waals surface area contributed by atoms with Crippen molar-refractivity contribution in [1.29, 1.82) is 0 Å². The number of halogens is 2. The van der Waals surface area contributed by atoms with Gasteiger partial charge < -0.3 is 15.0 Å². The smallest absolute Gasteiger partial charge is 0.266 e. The maximum absolute atomic E-state index is 13.7. The lowest BCUT2D eigenvalue weighted by atomic mass is 10.2. The van der Waals surface area contributed by atoms with Gasteiger partial charge in [-0.3, -0.25) is 5.10 Å². The summed E-state index contributed by atoms with van der Waals surface area (Å²) in [5, 5.41) is 13.7. The van der Waals surface area contributed by atoms with Gasteiger partial charge in [-0.25, -0.2) is 13.8 Å². The molecule has 2 fully saturated rings. The molecule has 0 amide bonds. The largest absolute Gasteiger partial charge is 0.381 e. The highest BCUT2D eigenvalue weighted by Crippen LogP contribution is 2.37. The number of nitrogens with zero attached hydrogens (tertiary/aromatic N) is 6. The Morgan fingerprint density at radius 2 is 2.11 bits per heavy atom. The van der Waals surface area contributed by atoms with Crippen molar-refractivity contribution in [2.24, 2.45) is 0 Å². The standard InChI is InChI=1S/C13H14F2N8.C4H8O/c1-16-12-20-11-10(22-3-2-13(14,15)6-22)9(8-4-18-19-5-8)17-7-23(11)21-12;1-2-4-5-3-1/h4-5,7H,2-3,6H2,1H3,(H,16,21)(H,18,19);1-4H2. The molecule has 0 aromatic carbocycles. The number of hydrogen-bond acceptors (Lipinski definition) is 7. The van der Waals surface area contributed by atoms with E-state index >= 15 is 0 Å². The third-order valence-corrected chi connectivity index (χ3v) is 4.67. The molecule has 11 heteroatoms. The zero-order chi connectivity index (χ0) is 19.6. The highest BCUT2D eigenvalue weighted by atomic mass is 19.3. The highest BCUT2D eigenvalue weighted by molar-refractivity contribution is 5.85. The van der Waals surface area contributed by atoms with Gasteiger partial charge in [0.25, 0.3) is 5.92 Å². The molecule has 0 radical (unpaired) electrons. The average molecular weight is 392 g/mol. The Hall–Kier alpha value is -2.82. The molecule has 0 atom stereocenters. The topological polar surface area (TPSA) is 96.3 Å². The first-order valence-corrected chi connectivity index (χ1v) is 9.20. The molecule has 2 saturated heterocycles.